The van der Waals surface area contributed by atoms with Crippen LogP contribution in [0.15, 0.2) is 48.0 Å². The highest BCUT2D eigenvalue weighted by molar-refractivity contribution is 6.36. The van der Waals surface area contributed by atoms with Gasteiger partial charge in [0.2, 0.25) is 0 Å². The van der Waals surface area contributed by atoms with Gasteiger partial charge in [0, 0.05) is 23.7 Å². The van der Waals surface area contributed by atoms with Crippen LogP contribution in [0.2, 0.25) is 10.0 Å². The zero-order chi connectivity index (χ0) is 16.2. The van der Waals surface area contributed by atoms with Crippen LogP contribution in [-0.4, -0.2) is 24.8 Å². The molecule has 0 amide bonds. The zero-order valence-corrected chi connectivity index (χ0v) is 13.9. The summed E-state index contributed by atoms with van der Waals surface area (Å²) < 4.78 is 5.70. The SMILES string of the molecule is O[C@@H](CNCC1=Cc2cc(Cl)cc(Cl)c2OC1)c1ccccc1. The lowest BCUT2D eigenvalue weighted by atomic mass is 10.1. The molecule has 0 saturated carbocycles. The lowest BCUT2D eigenvalue weighted by Gasteiger charge is -2.20. The molecule has 23 heavy (non-hydrogen) atoms. The van der Waals surface area contributed by atoms with Gasteiger partial charge in [-0.3, -0.25) is 0 Å². The summed E-state index contributed by atoms with van der Waals surface area (Å²) in [7, 11) is 0. The highest BCUT2D eigenvalue weighted by Crippen LogP contribution is 2.36. The van der Waals surface area contributed by atoms with Gasteiger partial charge in [0.1, 0.15) is 12.4 Å². The molecular weight excluding hydrogens is 333 g/mol. The number of fused-ring (bicyclic) bond motifs is 1. The van der Waals surface area contributed by atoms with Crippen LogP contribution in [0, 0.1) is 0 Å². The van der Waals surface area contributed by atoms with E-state index in [2.05, 4.69) is 5.32 Å². The van der Waals surface area contributed by atoms with E-state index in [1.54, 1.807) is 6.07 Å². The average Bonchev–Trinajstić information content (AvgIpc) is 2.55. The van der Waals surface area contributed by atoms with E-state index in [1.807, 2.05) is 42.5 Å². The molecule has 0 spiro atoms. The first-order valence-corrected chi connectivity index (χ1v) is 8.14. The minimum atomic E-state index is -0.530. The third kappa shape index (κ3) is 4.06. The van der Waals surface area contributed by atoms with Gasteiger partial charge in [-0.05, 0) is 29.3 Å². The molecule has 1 heterocycles. The Balaban J connectivity index is 1.60. The van der Waals surface area contributed by atoms with Gasteiger partial charge in [-0.15, -0.1) is 0 Å². The standard InChI is InChI=1S/C18H17Cl2NO2/c19-15-7-14-6-12(11-23-18(14)16(20)8-15)9-21-10-17(22)13-4-2-1-3-5-13/h1-8,17,21-22H,9-11H2/t17-/m0/s1. The summed E-state index contributed by atoms with van der Waals surface area (Å²) >= 11 is 12.1. The largest absolute Gasteiger partial charge is 0.487 e. The van der Waals surface area contributed by atoms with Gasteiger partial charge < -0.3 is 15.2 Å². The van der Waals surface area contributed by atoms with Crippen molar-refractivity contribution >= 4 is 29.3 Å². The second kappa shape index (κ2) is 7.37. The topological polar surface area (TPSA) is 41.5 Å². The van der Waals surface area contributed by atoms with Crippen molar-refractivity contribution in [2.75, 3.05) is 19.7 Å². The molecule has 0 fully saturated rings. The first-order valence-electron chi connectivity index (χ1n) is 7.38. The summed E-state index contributed by atoms with van der Waals surface area (Å²) in [6, 6.07) is 13.1. The van der Waals surface area contributed by atoms with Crippen LogP contribution < -0.4 is 10.1 Å². The van der Waals surface area contributed by atoms with E-state index in [1.165, 1.54) is 0 Å². The van der Waals surface area contributed by atoms with Gasteiger partial charge in [-0.25, -0.2) is 0 Å². The van der Waals surface area contributed by atoms with Crippen LogP contribution in [0.1, 0.15) is 17.2 Å². The lowest BCUT2D eigenvalue weighted by molar-refractivity contribution is 0.175. The van der Waals surface area contributed by atoms with Crippen LogP contribution in [-0.2, 0) is 0 Å². The molecule has 1 aliphatic rings. The van der Waals surface area contributed by atoms with Gasteiger partial charge in [0.05, 0.1) is 11.1 Å². The molecule has 2 aromatic carbocycles. The van der Waals surface area contributed by atoms with Crippen molar-refractivity contribution < 1.29 is 9.84 Å². The van der Waals surface area contributed by atoms with E-state index < -0.39 is 6.10 Å². The maximum absolute atomic E-state index is 10.1. The molecule has 5 heteroatoms. The van der Waals surface area contributed by atoms with Crippen molar-refractivity contribution in [1.82, 2.24) is 5.32 Å². The van der Waals surface area contributed by atoms with Crippen molar-refractivity contribution in [2.45, 2.75) is 6.10 Å². The van der Waals surface area contributed by atoms with Gasteiger partial charge >= 0.3 is 0 Å². The van der Waals surface area contributed by atoms with Crippen LogP contribution in [0.25, 0.3) is 6.08 Å². The van der Waals surface area contributed by atoms with Crippen molar-refractivity contribution in [2.24, 2.45) is 0 Å². The van der Waals surface area contributed by atoms with Gasteiger partial charge in [-0.1, -0.05) is 53.5 Å². The number of aliphatic hydroxyl groups is 1. The Morgan fingerprint density at radius 3 is 2.74 bits per heavy atom. The second-order valence-corrected chi connectivity index (χ2v) is 6.30. The van der Waals surface area contributed by atoms with E-state index in [0.717, 1.165) is 16.7 Å². The third-order valence-corrected chi connectivity index (χ3v) is 4.17. The Bertz CT molecular complexity index is 716. The summed E-state index contributed by atoms with van der Waals surface area (Å²) in [5.74, 6) is 0.670. The normalized spacial score (nSPS) is 14.7. The number of hydrogen-bond acceptors (Lipinski definition) is 3. The van der Waals surface area contributed by atoms with Crippen LogP contribution in [0.5, 0.6) is 5.75 Å². The number of ether oxygens (including phenoxy) is 1. The van der Waals surface area contributed by atoms with Crippen molar-refractivity contribution in [1.29, 1.82) is 0 Å². The smallest absolute Gasteiger partial charge is 0.145 e. The number of benzene rings is 2. The van der Waals surface area contributed by atoms with Crippen molar-refractivity contribution in [3.8, 4) is 5.75 Å². The second-order valence-electron chi connectivity index (χ2n) is 5.45. The van der Waals surface area contributed by atoms with E-state index in [4.69, 9.17) is 27.9 Å². The third-order valence-electron chi connectivity index (χ3n) is 3.67. The first kappa shape index (κ1) is 16.3. The van der Waals surface area contributed by atoms with Gasteiger partial charge in [0.15, 0.2) is 0 Å². The number of rotatable bonds is 5. The lowest BCUT2D eigenvalue weighted by Crippen LogP contribution is -2.26. The fraction of sp³-hybridized carbons (Fsp3) is 0.222. The highest BCUT2D eigenvalue weighted by Gasteiger charge is 2.16. The Hall–Kier alpha value is -1.52. The highest BCUT2D eigenvalue weighted by atomic mass is 35.5. The number of nitrogens with one attached hydrogen (secondary N) is 1. The molecule has 0 bridgehead atoms. The van der Waals surface area contributed by atoms with Crippen LogP contribution in [0.3, 0.4) is 0 Å². The molecular formula is C18H17Cl2NO2. The van der Waals surface area contributed by atoms with Crippen molar-refractivity contribution in [3.05, 3.63) is 69.2 Å². The molecule has 3 rings (SSSR count). The van der Waals surface area contributed by atoms with Crippen molar-refractivity contribution in [3.63, 3.8) is 0 Å². The fourth-order valence-electron chi connectivity index (χ4n) is 2.53. The molecule has 0 saturated heterocycles. The molecule has 1 aliphatic heterocycles. The first-order chi connectivity index (χ1) is 11.1. The van der Waals surface area contributed by atoms with E-state index in [9.17, 15) is 5.11 Å². The maximum atomic E-state index is 10.1. The minimum Gasteiger partial charge on any atom is -0.487 e. The van der Waals surface area contributed by atoms with Crippen LogP contribution in [0.4, 0.5) is 0 Å². The van der Waals surface area contributed by atoms with Crippen LogP contribution >= 0.6 is 23.2 Å². The zero-order valence-electron chi connectivity index (χ0n) is 12.4. The Labute approximate surface area is 145 Å². The molecule has 2 aromatic rings. The maximum Gasteiger partial charge on any atom is 0.145 e. The van der Waals surface area contributed by atoms with E-state index in [0.29, 0.717) is 35.5 Å². The fourth-order valence-corrected chi connectivity index (χ4v) is 3.09. The summed E-state index contributed by atoms with van der Waals surface area (Å²) in [6.07, 6.45) is 1.50. The Morgan fingerprint density at radius 2 is 1.96 bits per heavy atom. The molecule has 2 N–H and O–H groups in total. The summed E-state index contributed by atoms with van der Waals surface area (Å²) in [4.78, 5) is 0. The van der Waals surface area contributed by atoms with E-state index >= 15 is 0 Å². The predicted molar refractivity (Wildman–Crippen MR) is 94.2 cm³/mol. The summed E-state index contributed by atoms with van der Waals surface area (Å²) in [5.41, 5.74) is 2.86. The van der Waals surface area contributed by atoms with Gasteiger partial charge in [0.25, 0.3) is 0 Å². The molecule has 1 atom stereocenters. The summed E-state index contributed by atoms with van der Waals surface area (Å²) in [5, 5.41) is 14.5. The number of halogens is 2. The van der Waals surface area contributed by atoms with Gasteiger partial charge in [-0.2, -0.15) is 0 Å². The molecule has 3 nitrogen and oxygen atoms in total. The molecule has 0 aromatic heterocycles. The molecule has 0 unspecified atom stereocenters. The molecule has 0 aliphatic carbocycles. The van der Waals surface area contributed by atoms with E-state index in [-0.39, 0.29) is 0 Å². The molecule has 120 valence electrons. The number of aliphatic hydroxyl groups excluding tert-OH is 1. The number of hydrogen-bond donors (Lipinski definition) is 2. The summed E-state index contributed by atoms with van der Waals surface area (Å²) in [6.45, 7) is 1.58. The predicted octanol–water partition coefficient (Wildman–Crippen LogP) is 4.09. The Morgan fingerprint density at radius 1 is 1.17 bits per heavy atom. The molecule has 0 radical (unpaired) electrons. The minimum absolute atomic E-state index is 0.475. The average molecular weight is 350 g/mol. The monoisotopic (exact) mass is 349 g/mol. The Kier molecular flexibility index (Phi) is 5.23. The quantitative estimate of drug-likeness (QED) is 0.853.